The molecular weight excluding hydrogens is 494 g/mol. The summed E-state index contributed by atoms with van der Waals surface area (Å²) in [6.45, 7) is 3.75. The first kappa shape index (κ1) is 34.7. The fraction of sp³-hybridized carbons (Fsp3) is 0.731. The Hall–Kier alpha value is -3.31. The number of amides is 5. The van der Waals surface area contributed by atoms with Crippen molar-refractivity contribution in [1.82, 2.24) is 26.6 Å². The van der Waals surface area contributed by atoms with Crippen LogP contribution in [0.1, 0.15) is 90.9 Å². The van der Waals surface area contributed by atoms with E-state index in [0.717, 1.165) is 0 Å². The van der Waals surface area contributed by atoms with Gasteiger partial charge in [-0.25, -0.2) is 0 Å². The van der Waals surface area contributed by atoms with Crippen LogP contribution < -0.4 is 26.6 Å². The van der Waals surface area contributed by atoms with Crippen molar-refractivity contribution in [2.75, 3.05) is 26.7 Å². The van der Waals surface area contributed by atoms with Crippen LogP contribution in [0.3, 0.4) is 0 Å². The van der Waals surface area contributed by atoms with Crippen LogP contribution in [0.2, 0.25) is 0 Å². The standard InChI is InChI=1S/C26H45N5O7/c1-19(32)9-6-13-23(35)28-16-5-4-11-21(31-25(37)15-7-10-20(2)33)26(38)30-18-17-29-24(36)14-8-12-22(34)27-3/h21H,4-18H2,1-3H3,(H,27,34)(H,28,35)(H,29,36)(H,30,38)(H,31,37)/t21-/m0/s1. The molecule has 0 aliphatic heterocycles. The van der Waals surface area contributed by atoms with Gasteiger partial charge in [-0.15, -0.1) is 0 Å². The molecule has 0 aliphatic rings. The number of Topliss-reactive ketones (excluding diaryl/α,β-unsaturated/α-hetero) is 2. The number of rotatable bonds is 22. The summed E-state index contributed by atoms with van der Waals surface area (Å²) in [6, 6.07) is -0.783. The molecule has 0 bridgehead atoms. The summed E-state index contributed by atoms with van der Waals surface area (Å²) >= 11 is 0. The molecule has 12 heteroatoms. The van der Waals surface area contributed by atoms with Gasteiger partial charge < -0.3 is 36.2 Å². The molecule has 0 spiro atoms. The average Bonchev–Trinajstić information content (AvgIpc) is 2.84. The fourth-order valence-corrected chi connectivity index (χ4v) is 3.45. The molecule has 12 nitrogen and oxygen atoms in total. The predicted octanol–water partition coefficient (Wildman–Crippen LogP) is 0.425. The summed E-state index contributed by atoms with van der Waals surface area (Å²) in [5.41, 5.74) is 0. The van der Waals surface area contributed by atoms with E-state index in [2.05, 4.69) is 26.6 Å². The SMILES string of the molecule is CNC(=O)CCCC(=O)NCCNC(=O)[C@H](CCCCNC(=O)CCCC(C)=O)NC(=O)CCCC(C)=O. The monoisotopic (exact) mass is 539 g/mol. The smallest absolute Gasteiger partial charge is 0.242 e. The number of carbonyl (C=O) groups excluding carboxylic acids is 7. The van der Waals surface area contributed by atoms with E-state index < -0.39 is 6.04 Å². The van der Waals surface area contributed by atoms with Gasteiger partial charge in [0.25, 0.3) is 0 Å². The zero-order valence-electron chi connectivity index (χ0n) is 23.0. The summed E-state index contributed by atoms with van der Waals surface area (Å²) in [4.78, 5) is 81.9. The Labute approximate surface area is 225 Å². The second kappa shape index (κ2) is 21.7. The van der Waals surface area contributed by atoms with E-state index in [0.29, 0.717) is 57.9 Å². The molecule has 5 amide bonds. The van der Waals surface area contributed by atoms with Crippen molar-refractivity contribution in [3.05, 3.63) is 0 Å². The largest absolute Gasteiger partial charge is 0.359 e. The van der Waals surface area contributed by atoms with E-state index in [1.54, 1.807) is 0 Å². The first-order valence-corrected chi connectivity index (χ1v) is 13.3. The summed E-state index contributed by atoms with van der Waals surface area (Å²) in [7, 11) is 1.53. The van der Waals surface area contributed by atoms with E-state index >= 15 is 0 Å². The first-order chi connectivity index (χ1) is 18.0. The molecule has 216 valence electrons. The van der Waals surface area contributed by atoms with Crippen molar-refractivity contribution in [3.8, 4) is 0 Å². The van der Waals surface area contributed by atoms with E-state index in [1.807, 2.05) is 0 Å². The van der Waals surface area contributed by atoms with Gasteiger partial charge in [-0.2, -0.15) is 0 Å². The molecule has 0 rings (SSSR count). The van der Waals surface area contributed by atoms with Gasteiger partial charge in [-0.3, -0.25) is 24.0 Å². The van der Waals surface area contributed by atoms with Crippen molar-refractivity contribution in [2.24, 2.45) is 0 Å². The minimum atomic E-state index is -0.783. The van der Waals surface area contributed by atoms with Gasteiger partial charge >= 0.3 is 0 Å². The van der Waals surface area contributed by atoms with Crippen molar-refractivity contribution in [3.63, 3.8) is 0 Å². The van der Waals surface area contributed by atoms with Crippen LogP contribution in [0.4, 0.5) is 0 Å². The number of hydrogen-bond donors (Lipinski definition) is 5. The van der Waals surface area contributed by atoms with Gasteiger partial charge in [0, 0.05) is 65.2 Å². The second-order valence-corrected chi connectivity index (χ2v) is 9.24. The third-order valence-electron chi connectivity index (χ3n) is 5.59. The van der Waals surface area contributed by atoms with E-state index in [1.165, 1.54) is 20.9 Å². The van der Waals surface area contributed by atoms with Crippen molar-refractivity contribution in [1.29, 1.82) is 0 Å². The molecule has 0 unspecified atom stereocenters. The average molecular weight is 540 g/mol. The minimum absolute atomic E-state index is 0.00823. The number of carbonyl (C=O) groups is 7. The lowest BCUT2D eigenvalue weighted by Gasteiger charge is -2.19. The van der Waals surface area contributed by atoms with Crippen molar-refractivity contribution in [2.45, 2.75) is 96.9 Å². The maximum Gasteiger partial charge on any atom is 0.242 e. The zero-order chi connectivity index (χ0) is 28.8. The molecule has 0 aromatic carbocycles. The van der Waals surface area contributed by atoms with Crippen LogP contribution in [-0.4, -0.2) is 73.8 Å². The second-order valence-electron chi connectivity index (χ2n) is 9.24. The highest BCUT2D eigenvalue weighted by atomic mass is 16.2. The lowest BCUT2D eigenvalue weighted by atomic mass is 10.1. The van der Waals surface area contributed by atoms with Crippen molar-refractivity contribution >= 4 is 41.1 Å². The molecule has 38 heavy (non-hydrogen) atoms. The lowest BCUT2D eigenvalue weighted by Crippen LogP contribution is -2.48. The van der Waals surface area contributed by atoms with Crippen LogP contribution in [0.5, 0.6) is 0 Å². The van der Waals surface area contributed by atoms with Gasteiger partial charge in [0.2, 0.25) is 29.5 Å². The molecule has 1 atom stereocenters. The summed E-state index contributed by atoms with van der Waals surface area (Å²) in [5, 5.41) is 13.4. The molecule has 0 aromatic heterocycles. The molecule has 0 fully saturated rings. The number of hydrogen-bond acceptors (Lipinski definition) is 7. The Balaban J connectivity index is 4.49. The quantitative estimate of drug-likeness (QED) is 0.124. The predicted molar refractivity (Wildman–Crippen MR) is 142 cm³/mol. The Morgan fingerprint density at radius 3 is 1.55 bits per heavy atom. The summed E-state index contributed by atoms with van der Waals surface area (Å²) < 4.78 is 0. The van der Waals surface area contributed by atoms with Crippen LogP contribution >= 0.6 is 0 Å². The fourth-order valence-electron chi connectivity index (χ4n) is 3.45. The van der Waals surface area contributed by atoms with Crippen LogP contribution in [0.15, 0.2) is 0 Å². The molecule has 0 saturated heterocycles. The topological polar surface area (TPSA) is 180 Å². The van der Waals surface area contributed by atoms with Gasteiger partial charge in [-0.1, -0.05) is 0 Å². The molecular formula is C26H45N5O7. The third kappa shape index (κ3) is 20.8. The van der Waals surface area contributed by atoms with Crippen LogP contribution in [0.25, 0.3) is 0 Å². The van der Waals surface area contributed by atoms with Crippen LogP contribution in [0, 0.1) is 0 Å². The van der Waals surface area contributed by atoms with E-state index in [4.69, 9.17) is 0 Å². The molecule has 0 saturated carbocycles. The third-order valence-corrected chi connectivity index (χ3v) is 5.59. The Morgan fingerprint density at radius 1 is 0.526 bits per heavy atom. The summed E-state index contributed by atoms with van der Waals surface area (Å²) in [6.07, 6.45) is 4.41. The van der Waals surface area contributed by atoms with Crippen LogP contribution in [-0.2, 0) is 33.6 Å². The van der Waals surface area contributed by atoms with Gasteiger partial charge in [0.15, 0.2) is 0 Å². The normalized spacial score (nSPS) is 11.1. The first-order valence-electron chi connectivity index (χ1n) is 13.3. The zero-order valence-corrected chi connectivity index (χ0v) is 23.0. The van der Waals surface area contributed by atoms with Gasteiger partial charge in [0.1, 0.15) is 17.6 Å². The molecule has 0 radical (unpaired) electrons. The Kier molecular flexibility index (Phi) is 19.9. The molecule has 0 aliphatic carbocycles. The Morgan fingerprint density at radius 2 is 1.00 bits per heavy atom. The maximum absolute atomic E-state index is 12.7. The molecule has 5 N–H and O–H groups in total. The molecule has 0 heterocycles. The number of unbranched alkanes of at least 4 members (excludes halogenated alkanes) is 1. The Bertz CT molecular complexity index is 801. The highest BCUT2D eigenvalue weighted by Gasteiger charge is 2.20. The number of ketones is 2. The molecule has 0 aromatic rings. The van der Waals surface area contributed by atoms with Crippen molar-refractivity contribution < 1.29 is 33.6 Å². The van der Waals surface area contributed by atoms with E-state index in [9.17, 15) is 33.6 Å². The lowest BCUT2D eigenvalue weighted by molar-refractivity contribution is -0.129. The highest BCUT2D eigenvalue weighted by Crippen LogP contribution is 2.04. The summed E-state index contributed by atoms with van der Waals surface area (Å²) in [5.74, 6) is -1.15. The maximum atomic E-state index is 12.7. The number of nitrogens with one attached hydrogen (secondary N) is 5. The minimum Gasteiger partial charge on any atom is -0.359 e. The van der Waals surface area contributed by atoms with E-state index in [-0.39, 0.29) is 79.9 Å². The van der Waals surface area contributed by atoms with Gasteiger partial charge in [-0.05, 0) is 52.4 Å². The van der Waals surface area contributed by atoms with Gasteiger partial charge in [0.05, 0.1) is 0 Å². The highest BCUT2D eigenvalue weighted by molar-refractivity contribution is 5.88.